The molecule has 7 rings (SSSR count). The number of aliphatic hydroxyl groups excluding tert-OH is 1. The van der Waals surface area contributed by atoms with Crippen molar-refractivity contribution in [3.63, 3.8) is 0 Å². The summed E-state index contributed by atoms with van der Waals surface area (Å²) in [6, 6.07) is 41.7. The van der Waals surface area contributed by atoms with E-state index in [0.29, 0.717) is 64.0 Å². The molecule has 6 aromatic rings. The Morgan fingerprint density at radius 1 is 0.573 bits per heavy atom. The number of carbonyl (C=O) groups is 1. The van der Waals surface area contributed by atoms with Gasteiger partial charge in [0.2, 0.25) is 0 Å². The number of aliphatic hydroxyl groups is 1. The molecule has 0 aromatic heterocycles. The normalized spacial score (nSPS) is 12.5. The van der Waals surface area contributed by atoms with Gasteiger partial charge in [0.25, 0.3) is 0 Å². The number of hydrogen-bond donors (Lipinski definition) is 1. The molecule has 13 heteroatoms. The molecular formula is C62H69CsO11Os. The van der Waals surface area contributed by atoms with Crippen molar-refractivity contribution in [1.29, 1.82) is 0 Å². The molecule has 0 radical (unpaired) electrons. The fourth-order valence-electron chi connectivity index (χ4n) is 9.36. The number of hydrogen-bond acceptors (Lipinski definition) is 11. The molecule has 0 saturated carbocycles. The van der Waals surface area contributed by atoms with E-state index in [2.05, 4.69) is 126 Å². The Labute approximate surface area is 515 Å². The Bertz CT molecular complexity index is 2670. The van der Waals surface area contributed by atoms with Gasteiger partial charge in [-0.1, -0.05) is 127 Å². The van der Waals surface area contributed by atoms with Gasteiger partial charge in [0.05, 0.1) is 90.3 Å². The summed E-state index contributed by atoms with van der Waals surface area (Å²) >= 11 is 0. The molecule has 6 aromatic carbocycles. The van der Waals surface area contributed by atoms with E-state index in [9.17, 15) is 14.7 Å². The van der Waals surface area contributed by atoms with E-state index < -0.39 is 11.4 Å². The third-order valence-electron chi connectivity index (χ3n) is 13.3. The molecule has 1 aliphatic rings. The van der Waals surface area contributed by atoms with E-state index in [0.717, 1.165) is 55.6 Å². The monoisotopic (exact) mass is 1310 g/mol. The van der Waals surface area contributed by atoms with Crippen molar-refractivity contribution in [3.8, 4) is 39.1 Å². The summed E-state index contributed by atoms with van der Waals surface area (Å²) in [5, 5.41) is 22.3. The molecular weight excluding hydrogens is 1240 g/mol. The van der Waals surface area contributed by atoms with Crippen molar-refractivity contribution in [2.24, 2.45) is 0 Å². The summed E-state index contributed by atoms with van der Waals surface area (Å²) in [7, 11) is 1.61. The van der Waals surface area contributed by atoms with Gasteiger partial charge in [0.15, 0.2) is 0 Å². The molecule has 0 saturated heterocycles. The Balaban J connectivity index is 0.00000520. The first kappa shape index (κ1) is 62.4. The van der Waals surface area contributed by atoms with Gasteiger partial charge >= 0.3 is 68.9 Å². The van der Waals surface area contributed by atoms with Crippen LogP contribution >= 0.6 is 0 Å². The molecule has 0 atom stereocenters. The second-order valence-corrected chi connectivity index (χ2v) is 20.2. The van der Waals surface area contributed by atoms with Gasteiger partial charge in [0.1, 0.15) is 19.0 Å². The van der Waals surface area contributed by atoms with Crippen LogP contribution in [-0.2, 0) is 75.9 Å². The first-order valence-corrected chi connectivity index (χ1v) is 25.0. The molecule has 75 heavy (non-hydrogen) atoms. The zero-order valence-electron chi connectivity index (χ0n) is 44.7. The molecule has 0 fully saturated rings. The van der Waals surface area contributed by atoms with E-state index in [4.69, 9.17) is 38.3 Å². The Morgan fingerprint density at radius 2 is 1.03 bits per heavy atom. The maximum absolute atomic E-state index is 13.3. The minimum Gasteiger partial charge on any atom is -0.545 e. The number of fused-ring (bicyclic) bond motifs is 3. The quantitative estimate of drug-likeness (QED) is 0.0440. The topological polar surface area (TPSA) is 142 Å². The molecule has 1 aliphatic carbocycles. The van der Waals surface area contributed by atoms with E-state index in [-0.39, 0.29) is 144 Å². The summed E-state index contributed by atoms with van der Waals surface area (Å²) in [6.45, 7) is 16.9. The van der Waals surface area contributed by atoms with Gasteiger partial charge in [-0.15, -0.1) is 0 Å². The molecule has 0 aliphatic heterocycles. The number of methoxy groups -OCH3 is 1. The number of benzene rings is 6. The molecule has 11 nitrogen and oxygen atoms in total. The number of aromatic carboxylic acids is 1. The van der Waals surface area contributed by atoms with Crippen LogP contribution in [0.1, 0.15) is 96.4 Å². The standard InChI is InChI=1S/C62H70O11.Cs.Os/c1-60(2,3)49-15-8-43(9-16-49)45-13-21-53-54-22-14-46(44-10-17-50(18-11-44)61(4,5)6)40-57(54)62(56(53)39-45,51-19-12-48(47(38-51)24-25-63)42-72-35-34-70-31-30-68-27-26-64)52-20-23-58(55(41-52)59(65)66)73-37-36-71-33-32-69-29-28-67-7;;/h8-24,38-41,64H,26-37,42H2,1-7H3,(H,65,66);;/q;+1;/p-1. The molecule has 392 valence electrons. The van der Waals surface area contributed by atoms with Crippen LogP contribution in [0.3, 0.4) is 0 Å². The summed E-state index contributed by atoms with van der Waals surface area (Å²) < 4.78 is 39.4. The summed E-state index contributed by atoms with van der Waals surface area (Å²) in [5.41, 5.74) is 11.8. The summed E-state index contributed by atoms with van der Waals surface area (Å²) in [5.74, 6) is -1.24. The first-order valence-electron chi connectivity index (χ1n) is 25.0. The Kier molecular flexibility index (Phi) is 24.5. The first-order chi connectivity index (χ1) is 35.2. The molecule has 0 heterocycles. The summed E-state index contributed by atoms with van der Waals surface area (Å²) in [6.07, 6.45) is 3.44. The van der Waals surface area contributed by atoms with Crippen molar-refractivity contribution in [2.75, 3.05) is 86.4 Å². The molecule has 0 spiro atoms. The van der Waals surface area contributed by atoms with Crippen LogP contribution in [0.2, 0.25) is 0 Å². The van der Waals surface area contributed by atoms with Gasteiger partial charge in [-0.3, -0.25) is 0 Å². The molecule has 0 amide bonds. The van der Waals surface area contributed by atoms with Gasteiger partial charge in [0, 0.05) is 43.6 Å². The third kappa shape index (κ3) is 15.6. The zero-order valence-corrected chi connectivity index (χ0v) is 53.5. The van der Waals surface area contributed by atoms with Crippen LogP contribution in [0, 0.1) is 6.42 Å². The van der Waals surface area contributed by atoms with Crippen molar-refractivity contribution in [1.82, 2.24) is 0 Å². The molecule has 0 bridgehead atoms. The van der Waals surface area contributed by atoms with Crippen molar-refractivity contribution in [2.45, 2.75) is 64.4 Å². The van der Waals surface area contributed by atoms with Gasteiger partial charge in [-0.05, 0) is 120 Å². The van der Waals surface area contributed by atoms with Crippen LogP contribution in [0.25, 0.3) is 33.4 Å². The van der Waals surface area contributed by atoms with E-state index in [1.165, 1.54) is 17.5 Å². The Hall–Kier alpha value is -3.46. The van der Waals surface area contributed by atoms with Gasteiger partial charge < -0.3 is 53.0 Å². The molecule has 0 unspecified atom stereocenters. The predicted octanol–water partition coefficient (Wildman–Crippen LogP) is 6.61. The fraction of sp³-hybridized carbons (Fsp3) is 0.371. The average Bonchev–Trinajstić information content (AvgIpc) is 3.67. The predicted molar refractivity (Wildman–Crippen MR) is 283 cm³/mol. The van der Waals surface area contributed by atoms with Crippen LogP contribution in [0.15, 0.2) is 121 Å². The van der Waals surface area contributed by atoms with E-state index in [1.807, 2.05) is 30.6 Å². The van der Waals surface area contributed by atoms with E-state index in [1.54, 1.807) is 19.2 Å². The van der Waals surface area contributed by atoms with Crippen LogP contribution in [0.4, 0.5) is 0 Å². The van der Waals surface area contributed by atoms with Crippen LogP contribution in [-0.4, -0.2) is 104 Å². The van der Waals surface area contributed by atoms with Crippen LogP contribution in [0.5, 0.6) is 5.75 Å². The number of carboxylic acids is 1. The third-order valence-corrected chi connectivity index (χ3v) is 13.3. The van der Waals surface area contributed by atoms with Crippen molar-refractivity contribution < 1.29 is 142 Å². The minimum atomic E-state index is -1.39. The number of carbonyl (C=O) groups excluding carboxylic acids is 2. The minimum absolute atomic E-state index is 0. The smallest absolute Gasteiger partial charge is 0.545 e. The maximum Gasteiger partial charge on any atom is 1.00 e. The SMILES string of the molecule is COCCOCCOCCOc1ccc(C2(c3ccc(COCCOCCOCCO)c([CH+][C-]=O)c3)c3cc(-c4ccc(C(C)(C)C)cc4)ccc3-c3ccc(-c4ccc(C(C)(C)C)cc4)cc32)cc1C(=O)[O-].[Cs+].[Os]. The van der Waals surface area contributed by atoms with Crippen molar-refractivity contribution in [3.05, 3.63) is 178 Å². The second kappa shape index (κ2) is 29.5. The fourth-order valence-corrected chi connectivity index (χ4v) is 9.36. The Morgan fingerprint density at radius 3 is 1.51 bits per heavy atom. The number of carboxylic acid groups (broad SMARTS) is 1. The van der Waals surface area contributed by atoms with Crippen molar-refractivity contribution >= 4 is 12.3 Å². The van der Waals surface area contributed by atoms with Gasteiger partial charge in [-0.25, -0.2) is 0 Å². The molecule has 1 N–H and O–H groups in total. The van der Waals surface area contributed by atoms with Crippen LogP contribution < -0.4 is 78.7 Å². The number of rotatable bonds is 27. The van der Waals surface area contributed by atoms with Gasteiger partial charge in [-0.2, -0.15) is 0 Å². The zero-order chi connectivity index (χ0) is 52.0. The number of ether oxygens (including phenoxy) is 7. The van der Waals surface area contributed by atoms with E-state index >= 15 is 0 Å². The second-order valence-electron chi connectivity index (χ2n) is 20.2. The summed E-state index contributed by atoms with van der Waals surface area (Å²) in [4.78, 5) is 25.7. The largest absolute Gasteiger partial charge is 1.00 e. The average molecular weight is 1310 g/mol. The maximum atomic E-state index is 13.3.